The first-order valence-electron chi connectivity index (χ1n) is 15.5. The van der Waals surface area contributed by atoms with Gasteiger partial charge in [-0.05, 0) is 77.3 Å². The number of ether oxygens (including phenoxy) is 1. The van der Waals surface area contributed by atoms with E-state index in [0.717, 1.165) is 27.8 Å². The summed E-state index contributed by atoms with van der Waals surface area (Å²) in [6.07, 6.45) is 5.87. The van der Waals surface area contributed by atoms with E-state index in [-0.39, 0.29) is 30.7 Å². The lowest BCUT2D eigenvalue weighted by Crippen LogP contribution is -2.43. The number of piperidine rings is 1. The van der Waals surface area contributed by atoms with Crippen LogP contribution >= 0.6 is 0 Å². The number of rotatable bonds is 13. The molecule has 0 spiro atoms. The van der Waals surface area contributed by atoms with Crippen LogP contribution in [0.3, 0.4) is 0 Å². The largest absolute Gasteiger partial charge is 0.489 e. The lowest BCUT2D eigenvalue weighted by Gasteiger charge is -2.36. The fraction of sp³-hybridized carbons (Fsp3) is 0.297. The molecule has 8 heteroatoms. The van der Waals surface area contributed by atoms with Gasteiger partial charge in [0.25, 0.3) is 0 Å². The Balaban J connectivity index is 1.18. The SMILES string of the molecule is O=C(O)CCNC(=O)[C@H](c1ccc(OCc2ccccc2)cc1)C1CCN(C(=O)CCc2cccc(-c3ccncc3)c2)CC1. The van der Waals surface area contributed by atoms with Crippen LogP contribution in [-0.4, -0.2) is 52.4 Å². The number of likely N-dealkylation sites (tertiary alicyclic amines) is 1. The van der Waals surface area contributed by atoms with Crippen molar-refractivity contribution >= 4 is 17.8 Å². The maximum absolute atomic E-state index is 13.4. The van der Waals surface area contributed by atoms with Crippen molar-refractivity contribution in [1.82, 2.24) is 15.2 Å². The molecule has 0 unspecified atom stereocenters. The minimum absolute atomic E-state index is 0.0204. The number of benzene rings is 3. The summed E-state index contributed by atoms with van der Waals surface area (Å²) in [5.41, 5.74) is 5.23. The molecule has 0 aliphatic carbocycles. The number of hydrogen-bond acceptors (Lipinski definition) is 5. The Labute approximate surface area is 264 Å². The van der Waals surface area contributed by atoms with Gasteiger partial charge in [-0.15, -0.1) is 0 Å². The average Bonchev–Trinajstić information content (AvgIpc) is 3.08. The number of nitrogens with one attached hydrogen (secondary N) is 1. The summed E-state index contributed by atoms with van der Waals surface area (Å²) in [6.45, 7) is 1.68. The van der Waals surface area contributed by atoms with Gasteiger partial charge < -0.3 is 20.1 Å². The Morgan fingerprint density at radius 1 is 0.844 bits per heavy atom. The van der Waals surface area contributed by atoms with Gasteiger partial charge >= 0.3 is 5.97 Å². The van der Waals surface area contributed by atoms with Crippen LogP contribution in [-0.2, 0) is 27.4 Å². The lowest BCUT2D eigenvalue weighted by atomic mass is 9.79. The molecule has 1 aliphatic rings. The lowest BCUT2D eigenvalue weighted by molar-refractivity contribution is -0.137. The molecule has 0 radical (unpaired) electrons. The number of hydrogen-bond donors (Lipinski definition) is 2. The second-order valence-corrected chi connectivity index (χ2v) is 11.4. The average molecular weight is 606 g/mol. The van der Waals surface area contributed by atoms with Crippen molar-refractivity contribution in [3.8, 4) is 16.9 Å². The number of aryl methyl sites for hydroxylation is 1. The molecule has 1 saturated heterocycles. The Morgan fingerprint density at radius 2 is 1.56 bits per heavy atom. The fourth-order valence-corrected chi connectivity index (χ4v) is 5.89. The van der Waals surface area contributed by atoms with Gasteiger partial charge in [0.15, 0.2) is 0 Å². The molecule has 1 aliphatic heterocycles. The molecule has 2 heterocycles. The number of carboxylic acid groups (broad SMARTS) is 1. The highest BCUT2D eigenvalue weighted by Gasteiger charge is 2.33. The molecule has 45 heavy (non-hydrogen) atoms. The Hall–Kier alpha value is -4.98. The summed E-state index contributed by atoms with van der Waals surface area (Å²) in [5, 5.41) is 11.9. The van der Waals surface area contributed by atoms with Crippen LogP contribution in [0, 0.1) is 5.92 Å². The second-order valence-electron chi connectivity index (χ2n) is 11.4. The summed E-state index contributed by atoms with van der Waals surface area (Å²) in [5.74, 6) is -0.748. The van der Waals surface area contributed by atoms with Gasteiger partial charge in [0.05, 0.1) is 12.3 Å². The van der Waals surface area contributed by atoms with E-state index in [0.29, 0.717) is 51.1 Å². The van der Waals surface area contributed by atoms with Crippen LogP contribution in [0.2, 0.25) is 0 Å². The number of carboxylic acids is 1. The van der Waals surface area contributed by atoms with E-state index in [1.54, 1.807) is 12.4 Å². The molecule has 232 valence electrons. The molecule has 0 saturated carbocycles. The zero-order chi connectivity index (χ0) is 31.4. The topological polar surface area (TPSA) is 109 Å². The highest BCUT2D eigenvalue weighted by atomic mass is 16.5. The summed E-state index contributed by atoms with van der Waals surface area (Å²) >= 11 is 0. The van der Waals surface area contributed by atoms with Gasteiger partial charge in [-0.3, -0.25) is 19.4 Å². The monoisotopic (exact) mass is 605 g/mol. The quantitative estimate of drug-likeness (QED) is 0.197. The second kappa shape index (κ2) is 15.7. The van der Waals surface area contributed by atoms with Crippen molar-refractivity contribution < 1.29 is 24.2 Å². The minimum Gasteiger partial charge on any atom is -0.489 e. The Kier molecular flexibility index (Phi) is 10.9. The van der Waals surface area contributed by atoms with Gasteiger partial charge in [-0.2, -0.15) is 0 Å². The zero-order valence-electron chi connectivity index (χ0n) is 25.3. The van der Waals surface area contributed by atoms with Crippen molar-refractivity contribution in [2.45, 2.75) is 44.6 Å². The predicted octanol–water partition coefficient (Wildman–Crippen LogP) is 5.87. The standard InChI is InChI=1S/C37H39N3O5/c41-34(14-9-27-7-4-8-32(25-27)29-15-20-38-21-16-29)40-23-18-31(19-24-40)36(37(44)39-22-17-35(42)43)30-10-12-33(13-11-30)45-26-28-5-2-1-3-6-28/h1-8,10-13,15-16,20-21,25,31,36H,9,14,17-19,22-24,26H2,(H,39,44)(H,42,43)/t36-/m1/s1. The normalized spacial score (nSPS) is 14.0. The summed E-state index contributed by atoms with van der Waals surface area (Å²) in [4.78, 5) is 43.6. The van der Waals surface area contributed by atoms with Gasteiger partial charge in [0, 0.05) is 38.4 Å². The zero-order valence-corrected chi connectivity index (χ0v) is 25.3. The molecule has 1 fully saturated rings. The van der Waals surface area contributed by atoms with Crippen LogP contribution < -0.4 is 10.1 Å². The molecule has 3 aromatic carbocycles. The van der Waals surface area contributed by atoms with Crippen LogP contribution in [0.1, 0.15) is 48.3 Å². The van der Waals surface area contributed by atoms with Gasteiger partial charge in [-0.25, -0.2) is 0 Å². The molecule has 0 bridgehead atoms. The summed E-state index contributed by atoms with van der Waals surface area (Å²) in [6, 6.07) is 29.7. The third-order valence-electron chi connectivity index (χ3n) is 8.34. The molecule has 2 N–H and O–H groups in total. The highest BCUT2D eigenvalue weighted by molar-refractivity contribution is 5.84. The van der Waals surface area contributed by atoms with Crippen molar-refractivity contribution in [1.29, 1.82) is 0 Å². The molecule has 8 nitrogen and oxygen atoms in total. The number of aliphatic carboxylic acids is 1. The van der Waals surface area contributed by atoms with Crippen molar-refractivity contribution in [2.75, 3.05) is 19.6 Å². The molecule has 5 rings (SSSR count). The van der Waals surface area contributed by atoms with E-state index in [1.165, 1.54) is 0 Å². The van der Waals surface area contributed by atoms with E-state index in [9.17, 15) is 14.4 Å². The first-order valence-corrected chi connectivity index (χ1v) is 15.5. The molecular formula is C37H39N3O5. The first kappa shape index (κ1) is 31.4. The van der Waals surface area contributed by atoms with Crippen LogP contribution in [0.5, 0.6) is 5.75 Å². The Bertz CT molecular complexity index is 1550. The number of carbonyl (C=O) groups excluding carboxylic acids is 2. The first-order chi connectivity index (χ1) is 22.0. The highest BCUT2D eigenvalue weighted by Crippen LogP contribution is 2.34. The third-order valence-corrected chi connectivity index (χ3v) is 8.34. The molecular weight excluding hydrogens is 566 g/mol. The van der Waals surface area contributed by atoms with E-state index in [1.807, 2.05) is 77.7 Å². The summed E-state index contributed by atoms with van der Waals surface area (Å²) in [7, 11) is 0. The maximum Gasteiger partial charge on any atom is 0.305 e. The molecule has 1 aromatic heterocycles. The fourth-order valence-electron chi connectivity index (χ4n) is 5.89. The van der Waals surface area contributed by atoms with Crippen LogP contribution in [0.15, 0.2) is 103 Å². The van der Waals surface area contributed by atoms with Crippen molar-refractivity contribution in [2.24, 2.45) is 5.92 Å². The minimum atomic E-state index is -0.956. The number of pyridine rings is 1. The Morgan fingerprint density at radius 3 is 2.27 bits per heavy atom. The predicted molar refractivity (Wildman–Crippen MR) is 173 cm³/mol. The van der Waals surface area contributed by atoms with Gasteiger partial charge in [-0.1, -0.05) is 66.7 Å². The number of amides is 2. The maximum atomic E-state index is 13.4. The molecule has 2 amide bonds. The summed E-state index contributed by atoms with van der Waals surface area (Å²) < 4.78 is 5.94. The molecule has 1 atom stereocenters. The smallest absolute Gasteiger partial charge is 0.305 e. The van der Waals surface area contributed by atoms with Crippen LogP contribution in [0.4, 0.5) is 0 Å². The van der Waals surface area contributed by atoms with Gasteiger partial charge in [0.1, 0.15) is 12.4 Å². The number of carbonyl (C=O) groups is 3. The van der Waals surface area contributed by atoms with E-state index in [4.69, 9.17) is 9.84 Å². The van der Waals surface area contributed by atoms with E-state index in [2.05, 4.69) is 28.5 Å². The van der Waals surface area contributed by atoms with Crippen LogP contribution in [0.25, 0.3) is 11.1 Å². The van der Waals surface area contributed by atoms with Crippen molar-refractivity contribution in [3.63, 3.8) is 0 Å². The van der Waals surface area contributed by atoms with E-state index >= 15 is 0 Å². The third kappa shape index (κ3) is 9.01. The number of nitrogens with zero attached hydrogens (tertiary/aromatic N) is 2. The number of aromatic nitrogens is 1. The molecule has 4 aromatic rings. The van der Waals surface area contributed by atoms with Gasteiger partial charge in [0.2, 0.25) is 11.8 Å². The van der Waals surface area contributed by atoms with Crippen molar-refractivity contribution in [3.05, 3.63) is 120 Å². The van der Waals surface area contributed by atoms with E-state index < -0.39 is 11.9 Å².